The molecule has 1 atom stereocenters. The number of likely N-dealkylation sites (tertiary alicyclic amines) is 1. The number of nitrogens with zero attached hydrogens (tertiary/aromatic N) is 3. The zero-order valence-electron chi connectivity index (χ0n) is 13.2. The third-order valence-corrected chi connectivity index (χ3v) is 4.57. The Labute approximate surface area is 149 Å². The fourth-order valence-electron chi connectivity index (χ4n) is 3.06. The molecule has 1 amide bonds. The van der Waals surface area contributed by atoms with E-state index in [-0.39, 0.29) is 18.3 Å². The lowest BCUT2D eigenvalue weighted by atomic mass is 10.1. The van der Waals surface area contributed by atoms with Gasteiger partial charge in [-0.05, 0) is 30.7 Å². The Morgan fingerprint density at radius 3 is 2.88 bits per heavy atom. The molecule has 0 radical (unpaired) electrons. The SMILES string of the molecule is O=C(c1cc2cc(Cl)ccc2[nH]1)N1CC[C@H](c2noc(C(F)(F)F)n2)C1. The molecule has 1 aliphatic heterocycles. The molecule has 0 saturated carbocycles. The van der Waals surface area contributed by atoms with Crippen LogP contribution >= 0.6 is 11.6 Å². The lowest BCUT2D eigenvalue weighted by molar-refractivity contribution is -0.159. The number of hydrogen-bond acceptors (Lipinski definition) is 4. The molecule has 0 unspecified atom stereocenters. The van der Waals surface area contributed by atoms with Crippen LogP contribution in [0.1, 0.15) is 34.5 Å². The fourth-order valence-corrected chi connectivity index (χ4v) is 3.24. The molecule has 0 bridgehead atoms. The van der Waals surface area contributed by atoms with E-state index in [1.165, 1.54) is 0 Å². The van der Waals surface area contributed by atoms with Crippen LogP contribution in [0.2, 0.25) is 5.02 Å². The van der Waals surface area contributed by atoms with Crippen molar-refractivity contribution in [2.45, 2.75) is 18.5 Å². The summed E-state index contributed by atoms with van der Waals surface area (Å²) in [4.78, 5) is 20.7. The third-order valence-electron chi connectivity index (χ3n) is 4.34. The monoisotopic (exact) mass is 384 g/mol. The van der Waals surface area contributed by atoms with Gasteiger partial charge in [0.15, 0.2) is 5.82 Å². The van der Waals surface area contributed by atoms with E-state index < -0.39 is 18.0 Å². The van der Waals surface area contributed by atoms with Crippen molar-refractivity contribution in [2.75, 3.05) is 13.1 Å². The molecule has 2 aromatic heterocycles. The number of aromatic nitrogens is 3. The second-order valence-corrected chi connectivity index (χ2v) is 6.54. The highest BCUT2D eigenvalue weighted by atomic mass is 35.5. The number of nitrogens with one attached hydrogen (secondary N) is 1. The van der Waals surface area contributed by atoms with E-state index in [1.54, 1.807) is 29.2 Å². The van der Waals surface area contributed by atoms with Crippen molar-refractivity contribution in [3.63, 3.8) is 0 Å². The highest BCUT2D eigenvalue weighted by Crippen LogP contribution is 2.31. The van der Waals surface area contributed by atoms with Crippen LogP contribution in [0.4, 0.5) is 13.2 Å². The Hall–Kier alpha value is -2.55. The predicted molar refractivity (Wildman–Crippen MR) is 85.9 cm³/mol. The van der Waals surface area contributed by atoms with Gasteiger partial charge < -0.3 is 14.4 Å². The number of benzene rings is 1. The first kappa shape index (κ1) is 16.9. The number of hydrogen-bond donors (Lipinski definition) is 1. The van der Waals surface area contributed by atoms with Gasteiger partial charge in [-0.15, -0.1) is 0 Å². The summed E-state index contributed by atoms with van der Waals surface area (Å²) in [6, 6.07) is 6.94. The normalized spacial score (nSPS) is 18.0. The number of carbonyl (C=O) groups is 1. The van der Waals surface area contributed by atoms with Gasteiger partial charge in [0.1, 0.15) is 5.69 Å². The largest absolute Gasteiger partial charge is 0.471 e. The summed E-state index contributed by atoms with van der Waals surface area (Å²) in [6.45, 7) is 0.626. The van der Waals surface area contributed by atoms with Gasteiger partial charge in [-0.3, -0.25) is 4.79 Å². The van der Waals surface area contributed by atoms with Crippen molar-refractivity contribution in [3.05, 3.63) is 46.7 Å². The van der Waals surface area contributed by atoms with Gasteiger partial charge in [-0.2, -0.15) is 18.2 Å². The van der Waals surface area contributed by atoms with Gasteiger partial charge >= 0.3 is 12.1 Å². The van der Waals surface area contributed by atoms with Crippen LogP contribution < -0.4 is 0 Å². The zero-order chi connectivity index (χ0) is 18.5. The van der Waals surface area contributed by atoms with Crippen molar-refractivity contribution in [3.8, 4) is 0 Å². The summed E-state index contributed by atoms with van der Waals surface area (Å²) in [7, 11) is 0. The first-order valence-electron chi connectivity index (χ1n) is 7.79. The second kappa shape index (κ2) is 6.01. The molecule has 3 heterocycles. The van der Waals surface area contributed by atoms with E-state index in [4.69, 9.17) is 11.6 Å². The summed E-state index contributed by atoms with van der Waals surface area (Å²) in [5.74, 6) is -2.03. The summed E-state index contributed by atoms with van der Waals surface area (Å²) in [5, 5.41) is 4.78. The first-order chi connectivity index (χ1) is 12.3. The molecule has 4 rings (SSSR count). The van der Waals surface area contributed by atoms with Gasteiger partial charge in [0, 0.05) is 34.9 Å². The topological polar surface area (TPSA) is 75.0 Å². The lowest BCUT2D eigenvalue weighted by Crippen LogP contribution is -2.28. The molecule has 1 aliphatic rings. The van der Waals surface area contributed by atoms with E-state index >= 15 is 0 Å². The maximum absolute atomic E-state index is 12.7. The molecule has 1 N–H and O–H groups in total. The van der Waals surface area contributed by atoms with Crippen LogP contribution in [0, 0.1) is 0 Å². The minimum atomic E-state index is -4.68. The Bertz CT molecular complexity index is 981. The van der Waals surface area contributed by atoms with E-state index in [9.17, 15) is 18.0 Å². The molecular weight excluding hydrogens is 373 g/mol. The fraction of sp³-hybridized carbons (Fsp3) is 0.312. The number of amides is 1. The maximum atomic E-state index is 12.7. The smallest absolute Gasteiger partial charge is 0.351 e. The highest BCUT2D eigenvalue weighted by molar-refractivity contribution is 6.31. The highest BCUT2D eigenvalue weighted by Gasteiger charge is 2.40. The average molecular weight is 385 g/mol. The summed E-state index contributed by atoms with van der Waals surface area (Å²) in [5.41, 5.74) is 1.17. The Kier molecular flexibility index (Phi) is 3.91. The van der Waals surface area contributed by atoms with E-state index in [2.05, 4.69) is 19.6 Å². The number of aromatic amines is 1. The Morgan fingerprint density at radius 1 is 1.35 bits per heavy atom. The lowest BCUT2D eigenvalue weighted by Gasteiger charge is -2.14. The quantitative estimate of drug-likeness (QED) is 0.728. The standard InChI is InChI=1S/C16H12ClF3N4O2/c17-10-1-2-11-9(5-10)6-12(21-11)14(25)24-4-3-8(7-24)13-22-15(26-23-13)16(18,19)20/h1-2,5-6,8,21H,3-4,7H2/t8-/m0/s1. The maximum Gasteiger partial charge on any atom is 0.471 e. The van der Waals surface area contributed by atoms with Crippen LogP contribution in [-0.4, -0.2) is 39.0 Å². The third kappa shape index (κ3) is 3.03. The summed E-state index contributed by atoms with van der Waals surface area (Å²) in [6.07, 6.45) is -4.21. The first-order valence-corrected chi connectivity index (χ1v) is 8.17. The Balaban J connectivity index is 1.50. The number of fused-ring (bicyclic) bond motifs is 1. The van der Waals surface area contributed by atoms with Crippen LogP contribution in [0.5, 0.6) is 0 Å². The molecule has 10 heteroatoms. The molecule has 136 valence electrons. The number of halogens is 4. The minimum absolute atomic E-state index is 0.0314. The molecule has 1 saturated heterocycles. The molecule has 26 heavy (non-hydrogen) atoms. The molecule has 0 aliphatic carbocycles. The van der Waals surface area contributed by atoms with Gasteiger partial charge in [-0.25, -0.2) is 0 Å². The van der Waals surface area contributed by atoms with E-state index in [0.29, 0.717) is 23.7 Å². The van der Waals surface area contributed by atoms with Crippen molar-refractivity contribution >= 4 is 28.4 Å². The van der Waals surface area contributed by atoms with Crippen molar-refractivity contribution < 1.29 is 22.5 Å². The summed E-state index contributed by atoms with van der Waals surface area (Å²) >= 11 is 5.94. The van der Waals surface area contributed by atoms with Gasteiger partial charge in [0.2, 0.25) is 0 Å². The zero-order valence-corrected chi connectivity index (χ0v) is 13.9. The molecule has 1 aromatic carbocycles. The molecular formula is C16H12ClF3N4O2. The molecule has 6 nitrogen and oxygen atoms in total. The van der Waals surface area contributed by atoms with Crippen LogP contribution in [0.25, 0.3) is 10.9 Å². The van der Waals surface area contributed by atoms with E-state index in [1.807, 2.05) is 0 Å². The summed E-state index contributed by atoms with van der Waals surface area (Å²) < 4.78 is 42.0. The number of H-pyrrole nitrogens is 1. The number of rotatable bonds is 2. The van der Waals surface area contributed by atoms with Crippen molar-refractivity contribution in [2.24, 2.45) is 0 Å². The average Bonchev–Trinajstić information content (AvgIpc) is 3.30. The van der Waals surface area contributed by atoms with Crippen LogP contribution in [0.15, 0.2) is 28.8 Å². The van der Waals surface area contributed by atoms with Crippen molar-refractivity contribution in [1.29, 1.82) is 0 Å². The Morgan fingerprint density at radius 2 is 2.15 bits per heavy atom. The molecule has 3 aromatic rings. The molecule has 0 spiro atoms. The number of carbonyl (C=O) groups excluding carboxylic acids is 1. The van der Waals surface area contributed by atoms with Gasteiger partial charge in [0.05, 0.1) is 0 Å². The van der Waals surface area contributed by atoms with Crippen LogP contribution in [0.3, 0.4) is 0 Å². The van der Waals surface area contributed by atoms with Gasteiger partial charge in [0.25, 0.3) is 5.91 Å². The molecule has 1 fully saturated rings. The van der Waals surface area contributed by atoms with E-state index in [0.717, 1.165) is 10.9 Å². The van der Waals surface area contributed by atoms with Crippen molar-refractivity contribution in [1.82, 2.24) is 20.0 Å². The van der Waals surface area contributed by atoms with Crippen LogP contribution in [-0.2, 0) is 6.18 Å². The minimum Gasteiger partial charge on any atom is -0.351 e. The number of alkyl halides is 3. The second-order valence-electron chi connectivity index (χ2n) is 6.11. The van der Waals surface area contributed by atoms with Gasteiger partial charge in [-0.1, -0.05) is 16.8 Å². The predicted octanol–water partition coefficient (Wildman–Crippen LogP) is 3.85.